The molecule has 0 aliphatic heterocycles. The molecule has 2 aromatic rings. The maximum atomic E-state index is 12.1. The van der Waals surface area contributed by atoms with Crippen molar-refractivity contribution in [1.82, 2.24) is 15.0 Å². The van der Waals surface area contributed by atoms with Crippen molar-refractivity contribution in [3.05, 3.63) is 34.3 Å². The number of pyridine rings is 1. The van der Waals surface area contributed by atoms with E-state index in [1.165, 1.54) is 6.20 Å². The lowest BCUT2D eigenvalue weighted by molar-refractivity contribution is 0.597. The minimum absolute atomic E-state index is 0.0340. The van der Waals surface area contributed by atoms with Crippen molar-refractivity contribution >= 4 is 31.8 Å². The molecule has 0 saturated carbocycles. The Kier molecular flexibility index (Phi) is 3.91. The molecule has 19 heavy (non-hydrogen) atoms. The number of nitrogens with one attached hydrogen (secondary N) is 2. The smallest absolute Gasteiger partial charge is 0.280 e. The monoisotopic (exact) mass is 344 g/mol. The summed E-state index contributed by atoms with van der Waals surface area (Å²) in [7, 11) is -3.68. The SMILES string of the molecule is CCc1ncc(S(=O)(=O)Nc2cc(C)c(Br)cn2)[nH]1. The van der Waals surface area contributed by atoms with Crippen molar-refractivity contribution in [2.24, 2.45) is 0 Å². The Morgan fingerprint density at radius 2 is 2.11 bits per heavy atom. The first-order valence-electron chi connectivity index (χ1n) is 5.61. The van der Waals surface area contributed by atoms with Gasteiger partial charge in [0, 0.05) is 17.1 Å². The molecule has 0 aliphatic rings. The van der Waals surface area contributed by atoms with Crippen molar-refractivity contribution < 1.29 is 8.42 Å². The molecular weight excluding hydrogens is 332 g/mol. The van der Waals surface area contributed by atoms with Crippen molar-refractivity contribution in [2.75, 3.05) is 4.72 Å². The predicted molar refractivity (Wildman–Crippen MR) is 75.4 cm³/mol. The lowest BCUT2D eigenvalue weighted by Gasteiger charge is -2.06. The van der Waals surface area contributed by atoms with Crippen LogP contribution in [0.4, 0.5) is 5.82 Å². The summed E-state index contributed by atoms with van der Waals surface area (Å²) < 4.78 is 27.4. The summed E-state index contributed by atoms with van der Waals surface area (Å²) >= 11 is 3.31. The van der Waals surface area contributed by atoms with Crippen LogP contribution in [0.25, 0.3) is 0 Å². The normalized spacial score (nSPS) is 11.5. The molecule has 2 aromatic heterocycles. The zero-order valence-corrected chi connectivity index (χ0v) is 12.8. The predicted octanol–water partition coefficient (Wildman–Crippen LogP) is 2.24. The van der Waals surface area contributed by atoms with Crippen molar-refractivity contribution in [3.63, 3.8) is 0 Å². The minimum atomic E-state index is -3.68. The highest BCUT2D eigenvalue weighted by Crippen LogP contribution is 2.19. The number of rotatable bonds is 4. The van der Waals surface area contributed by atoms with Gasteiger partial charge in [0.1, 0.15) is 11.6 Å². The van der Waals surface area contributed by atoms with E-state index >= 15 is 0 Å². The molecule has 0 atom stereocenters. The van der Waals surface area contributed by atoms with Gasteiger partial charge in [-0.3, -0.25) is 4.72 Å². The zero-order valence-electron chi connectivity index (χ0n) is 10.4. The van der Waals surface area contributed by atoms with Gasteiger partial charge in [0.2, 0.25) is 0 Å². The van der Waals surface area contributed by atoms with Crippen LogP contribution in [0.1, 0.15) is 18.3 Å². The number of sulfonamides is 1. The lowest BCUT2D eigenvalue weighted by Crippen LogP contribution is -2.14. The topological polar surface area (TPSA) is 87.7 Å². The van der Waals surface area contributed by atoms with Gasteiger partial charge in [-0.1, -0.05) is 6.92 Å². The van der Waals surface area contributed by atoms with Crippen LogP contribution in [0.15, 0.2) is 28.0 Å². The number of aryl methyl sites for hydroxylation is 2. The molecule has 0 aromatic carbocycles. The summed E-state index contributed by atoms with van der Waals surface area (Å²) in [6.07, 6.45) is 3.50. The molecule has 0 spiro atoms. The highest BCUT2D eigenvalue weighted by Gasteiger charge is 2.17. The Balaban J connectivity index is 2.28. The first kappa shape index (κ1) is 14.0. The molecule has 2 N–H and O–H groups in total. The largest absolute Gasteiger partial charge is 0.332 e. The number of aromatic amines is 1. The number of nitrogens with zero attached hydrogens (tertiary/aromatic N) is 2. The summed E-state index contributed by atoms with van der Waals surface area (Å²) in [6, 6.07) is 1.65. The lowest BCUT2D eigenvalue weighted by atomic mass is 10.3. The molecule has 0 radical (unpaired) electrons. The van der Waals surface area contributed by atoms with Gasteiger partial charge in [-0.2, -0.15) is 8.42 Å². The van der Waals surface area contributed by atoms with Crippen LogP contribution in [0, 0.1) is 6.92 Å². The van der Waals surface area contributed by atoms with Crippen LogP contribution in [-0.2, 0) is 16.4 Å². The van der Waals surface area contributed by atoms with Gasteiger partial charge in [-0.15, -0.1) is 0 Å². The number of H-pyrrole nitrogens is 1. The Hall–Kier alpha value is -1.41. The molecule has 0 saturated heterocycles. The van der Waals surface area contributed by atoms with E-state index in [-0.39, 0.29) is 10.8 Å². The van der Waals surface area contributed by atoms with Crippen molar-refractivity contribution in [2.45, 2.75) is 25.3 Å². The van der Waals surface area contributed by atoms with Crippen LogP contribution < -0.4 is 4.72 Å². The van der Waals surface area contributed by atoms with E-state index in [4.69, 9.17) is 0 Å². The molecule has 6 nitrogen and oxygen atoms in total. The standard InChI is InChI=1S/C11H13BrN4O2S/c1-3-9-14-6-11(15-9)19(17,18)16-10-4-7(2)8(12)5-13-10/h4-6H,3H2,1-2H3,(H,13,16)(H,14,15). The van der Waals surface area contributed by atoms with Crippen molar-refractivity contribution in [1.29, 1.82) is 0 Å². The van der Waals surface area contributed by atoms with E-state index in [9.17, 15) is 8.42 Å². The number of anilines is 1. The Morgan fingerprint density at radius 3 is 2.68 bits per heavy atom. The molecule has 0 unspecified atom stereocenters. The molecule has 2 heterocycles. The van der Waals surface area contributed by atoms with Crippen LogP contribution in [-0.4, -0.2) is 23.4 Å². The Labute approximate surface area is 119 Å². The van der Waals surface area contributed by atoms with Crippen molar-refractivity contribution in [3.8, 4) is 0 Å². The van der Waals surface area contributed by atoms with Gasteiger partial charge in [0.25, 0.3) is 10.0 Å². The zero-order chi connectivity index (χ0) is 14.0. The maximum Gasteiger partial charge on any atom is 0.280 e. The number of hydrogen-bond acceptors (Lipinski definition) is 4. The summed E-state index contributed by atoms with van der Waals surface area (Å²) in [4.78, 5) is 10.7. The van der Waals surface area contributed by atoms with Gasteiger partial charge in [0.05, 0.1) is 6.20 Å². The highest BCUT2D eigenvalue weighted by molar-refractivity contribution is 9.10. The van der Waals surface area contributed by atoms with Crippen LogP contribution in [0.5, 0.6) is 0 Å². The summed E-state index contributed by atoms with van der Waals surface area (Å²) in [5.41, 5.74) is 0.895. The average molecular weight is 345 g/mol. The second-order valence-electron chi connectivity index (χ2n) is 3.97. The van der Waals surface area contributed by atoms with E-state index < -0.39 is 10.0 Å². The molecule has 2 rings (SSSR count). The molecule has 102 valence electrons. The third-order valence-electron chi connectivity index (χ3n) is 2.52. The van der Waals surface area contributed by atoms with E-state index in [0.717, 1.165) is 10.0 Å². The maximum absolute atomic E-state index is 12.1. The number of aromatic nitrogens is 3. The van der Waals surface area contributed by atoms with E-state index in [1.807, 2.05) is 13.8 Å². The fourth-order valence-electron chi connectivity index (χ4n) is 1.45. The average Bonchev–Trinajstić information content (AvgIpc) is 2.83. The molecule has 0 aliphatic carbocycles. The Bertz CT molecular complexity index is 696. The van der Waals surface area contributed by atoms with Gasteiger partial charge >= 0.3 is 0 Å². The fourth-order valence-corrected chi connectivity index (χ4v) is 2.60. The summed E-state index contributed by atoms with van der Waals surface area (Å²) in [6.45, 7) is 3.75. The third kappa shape index (κ3) is 3.13. The summed E-state index contributed by atoms with van der Waals surface area (Å²) in [5.74, 6) is 0.897. The second-order valence-corrected chi connectivity index (χ2v) is 6.48. The Morgan fingerprint density at radius 1 is 1.37 bits per heavy atom. The van der Waals surface area contributed by atoms with E-state index in [0.29, 0.717) is 12.2 Å². The number of halogens is 1. The second kappa shape index (κ2) is 5.30. The molecule has 0 fully saturated rings. The van der Waals surface area contributed by atoms with Gasteiger partial charge in [0.15, 0.2) is 5.03 Å². The molecule has 0 amide bonds. The van der Waals surface area contributed by atoms with Gasteiger partial charge in [-0.05, 0) is 34.5 Å². The number of imidazole rings is 1. The quantitative estimate of drug-likeness (QED) is 0.890. The molecule has 8 heteroatoms. The van der Waals surface area contributed by atoms with Crippen LogP contribution >= 0.6 is 15.9 Å². The van der Waals surface area contributed by atoms with Crippen LogP contribution in [0.3, 0.4) is 0 Å². The first-order valence-corrected chi connectivity index (χ1v) is 7.89. The fraction of sp³-hybridized carbons (Fsp3) is 0.273. The molecular formula is C11H13BrN4O2S. The number of hydrogen-bond donors (Lipinski definition) is 2. The summed E-state index contributed by atoms with van der Waals surface area (Å²) in [5, 5.41) is 0.0340. The first-order chi connectivity index (χ1) is 8.92. The third-order valence-corrected chi connectivity index (χ3v) is 4.61. The molecule has 0 bridgehead atoms. The van der Waals surface area contributed by atoms with Crippen LogP contribution in [0.2, 0.25) is 0 Å². The van der Waals surface area contributed by atoms with E-state index in [2.05, 4.69) is 35.6 Å². The highest BCUT2D eigenvalue weighted by atomic mass is 79.9. The van der Waals surface area contributed by atoms with E-state index in [1.54, 1.807) is 12.3 Å². The van der Waals surface area contributed by atoms with Gasteiger partial charge in [-0.25, -0.2) is 9.97 Å². The van der Waals surface area contributed by atoms with Gasteiger partial charge < -0.3 is 4.98 Å². The minimum Gasteiger partial charge on any atom is -0.332 e.